The molecule has 4 N–H and O–H groups in total. The zero-order valence-electron chi connectivity index (χ0n) is 8.75. The lowest BCUT2D eigenvalue weighted by atomic mass is 10.1. The zero-order chi connectivity index (χ0) is 12.8. The topological polar surface area (TPSA) is 122 Å². The molecule has 8 heteroatoms. The maximum absolute atomic E-state index is 11.5. The Labute approximate surface area is 101 Å². The van der Waals surface area contributed by atoms with Gasteiger partial charge in [-0.2, -0.15) is 0 Å². The van der Waals surface area contributed by atoms with Crippen LogP contribution in [0, 0.1) is 0 Å². The van der Waals surface area contributed by atoms with E-state index in [0.29, 0.717) is 4.88 Å². The van der Waals surface area contributed by atoms with Crippen LogP contribution in [0.15, 0.2) is 11.7 Å². The number of nitrogens with one attached hydrogen (secondary N) is 1. The molecule has 0 saturated heterocycles. The highest BCUT2D eigenvalue weighted by Crippen LogP contribution is 2.06. The quantitative estimate of drug-likeness (QED) is 0.639. The second kappa shape index (κ2) is 5.94. The summed E-state index contributed by atoms with van der Waals surface area (Å²) in [7, 11) is 0. The van der Waals surface area contributed by atoms with Crippen LogP contribution in [0.2, 0.25) is 0 Å². The average Bonchev–Trinajstić information content (AvgIpc) is 2.76. The lowest BCUT2D eigenvalue weighted by Gasteiger charge is -2.12. The van der Waals surface area contributed by atoms with E-state index in [1.54, 1.807) is 0 Å². The van der Waals surface area contributed by atoms with Crippen LogP contribution in [-0.2, 0) is 9.59 Å². The van der Waals surface area contributed by atoms with Crippen molar-refractivity contribution < 1.29 is 19.5 Å². The lowest BCUT2D eigenvalue weighted by molar-refractivity contribution is -0.139. The maximum atomic E-state index is 11.5. The van der Waals surface area contributed by atoms with Crippen LogP contribution in [-0.4, -0.2) is 33.9 Å². The maximum Gasteiger partial charge on any atom is 0.326 e. The summed E-state index contributed by atoms with van der Waals surface area (Å²) in [5.74, 6) is -2.34. The van der Waals surface area contributed by atoms with Gasteiger partial charge in [-0.15, -0.1) is 11.3 Å². The fourth-order valence-electron chi connectivity index (χ4n) is 1.10. The van der Waals surface area contributed by atoms with Gasteiger partial charge in [-0.25, -0.2) is 4.79 Å². The molecule has 7 nitrogen and oxygen atoms in total. The van der Waals surface area contributed by atoms with Crippen molar-refractivity contribution in [1.29, 1.82) is 0 Å². The molecule has 0 radical (unpaired) electrons. The molecule has 0 bridgehead atoms. The number of nitrogens with two attached hydrogens (primary N) is 1. The SMILES string of the molecule is NC(=O)CCC(NC(=O)c1cncs1)C(=O)O. The van der Waals surface area contributed by atoms with Crippen molar-refractivity contribution in [2.45, 2.75) is 18.9 Å². The standard InChI is InChI=1S/C9H11N3O4S/c10-7(13)2-1-5(9(15)16)12-8(14)6-3-11-4-17-6/h3-5H,1-2H2,(H2,10,13)(H,12,14)(H,15,16). The van der Waals surface area contributed by atoms with E-state index < -0.39 is 23.8 Å². The number of rotatable bonds is 6. The van der Waals surface area contributed by atoms with Crippen LogP contribution in [0.4, 0.5) is 0 Å². The van der Waals surface area contributed by atoms with E-state index in [1.165, 1.54) is 11.7 Å². The molecular weight excluding hydrogens is 246 g/mol. The van der Waals surface area contributed by atoms with Gasteiger partial charge in [-0.1, -0.05) is 0 Å². The molecule has 0 aliphatic rings. The van der Waals surface area contributed by atoms with Crippen molar-refractivity contribution in [1.82, 2.24) is 10.3 Å². The summed E-state index contributed by atoms with van der Waals surface area (Å²) in [4.78, 5) is 37.0. The predicted octanol–water partition coefficient (Wildman–Crippen LogP) is -0.408. The molecule has 1 unspecified atom stereocenters. The van der Waals surface area contributed by atoms with Gasteiger partial charge in [-0.3, -0.25) is 14.6 Å². The highest BCUT2D eigenvalue weighted by atomic mass is 32.1. The van der Waals surface area contributed by atoms with Gasteiger partial charge in [0.05, 0.1) is 11.7 Å². The number of aromatic nitrogens is 1. The molecule has 1 heterocycles. The van der Waals surface area contributed by atoms with Gasteiger partial charge < -0.3 is 16.2 Å². The van der Waals surface area contributed by atoms with Crippen LogP contribution in [0.5, 0.6) is 0 Å². The van der Waals surface area contributed by atoms with Gasteiger partial charge in [0.2, 0.25) is 5.91 Å². The van der Waals surface area contributed by atoms with Crippen LogP contribution in [0.3, 0.4) is 0 Å². The van der Waals surface area contributed by atoms with Gasteiger partial charge in [0.15, 0.2) is 0 Å². The second-order valence-electron chi connectivity index (χ2n) is 3.23. The Bertz CT molecular complexity index is 418. The number of hydrogen-bond acceptors (Lipinski definition) is 5. The Morgan fingerprint density at radius 3 is 2.71 bits per heavy atom. The molecule has 0 aliphatic carbocycles. The van der Waals surface area contributed by atoms with Crippen molar-refractivity contribution in [2.75, 3.05) is 0 Å². The number of amides is 2. The smallest absolute Gasteiger partial charge is 0.326 e. The highest BCUT2D eigenvalue weighted by Gasteiger charge is 2.21. The third kappa shape index (κ3) is 4.19. The number of aliphatic carboxylic acids is 1. The molecular formula is C9H11N3O4S. The monoisotopic (exact) mass is 257 g/mol. The van der Waals surface area contributed by atoms with Gasteiger partial charge >= 0.3 is 5.97 Å². The number of nitrogens with zero attached hydrogens (tertiary/aromatic N) is 1. The summed E-state index contributed by atoms with van der Waals surface area (Å²) in [5.41, 5.74) is 6.38. The normalized spacial score (nSPS) is 11.8. The molecule has 0 aromatic carbocycles. The molecule has 1 atom stereocenters. The van der Waals surface area contributed by atoms with Gasteiger partial charge in [0.25, 0.3) is 5.91 Å². The molecule has 1 rings (SSSR count). The first kappa shape index (κ1) is 13.1. The van der Waals surface area contributed by atoms with Gasteiger partial charge in [-0.05, 0) is 6.42 Å². The third-order valence-corrected chi connectivity index (χ3v) is 2.71. The first-order valence-electron chi connectivity index (χ1n) is 4.71. The van der Waals surface area contributed by atoms with Crippen molar-refractivity contribution in [3.8, 4) is 0 Å². The van der Waals surface area contributed by atoms with E-state index in [1.807, 2.05) is 0 Å². The Balaban J connectivity index is 2.58. The molecule has 92 valence electrons. The highest BCUT2D eigenvalue weighted by molar-refractivity contribution is 7.11. The Morgan fingerprint density at radius 1 is 1.53 bits per heavy atom. The molecule has 17 heavy (non-hydrogen) atoms. The van der Waals surface area contributed by atoms with Crippen LogP contribution >= 0.6 is 11.3 Å². The average molecular weight is 257 g/mol. The Kier molecular flexibility index (Phi) is 4.58. The largest absolute Gasteiger partial charge is 0.480 e. The van der Waals surface area contributed by atoms with Crippen LogP contribution < -0.4 is 11.1 Å². The number of carbonyl (C=O) groups is 3. The van der Waals surface area contributed by atoms with Crippen molar-refractivity contribution in [3.05, 3.63) is 16.6 Å². The lowest BCUT2D eigenvalue weighted by Crippen LogP contribution is -2.41. The number of thiazole rings is 1. The van der Waals surface area contributed by atoms with Crippen molar-refractivity contribution in [3.63, 3.8) is 0 Å². The molecule has 0 spiro atoms. The molecule has 0 aliphatic heterocycles. The van der Waals surface area contributed by atoms with E-state index in [-0.39, 0.29) is 12.8 Å². The summed E-state index contributed by atoms with van der Waals surface area (Å²) >= 11 is 1.10. The molecule has 2 amide bonds. The molecule has 1 aromatic heterocycles. The minimum atomic E-state index is -1.20. The molecule has 0 saturated carbocycles. The first-order chi connectivity index (χ1) is 8.00. The first-order valence-corrected chi connectivity index (χ1v) is 5.59. The van der Waals surface area contributed by atoms with E-state index in [2.05, 4.69) is 10.3 Å². The predicted molar refractivity (Wildman–Crippen MR) is 59.4 cm³/mol. The molecule has 0 fully saturated rings. The van der Waals surface area contributed by atoms with Crippen molar-refractivity contribution >= 4 is 29.1 Å². The minimum Gasteiger partial charge on any atom is -0.480 e. The number of hydrogen-bond donors (Lipinski definition) is 3. The summed E-state index contributed by atoms with van der Waals surface area (Å²) in [5, 5.41) is 11.2. The summed E-state index contributed by atoms with van der Waals surface area (Å²) < 4.78 is 0. The zero-order valence-corrected chi connectivity index (χ0v) is 9.57. The third-order valence-electron chi connectivity index (χ3n) is 1.94. The van der Waals surface area contributed by atoms with E-state index in [0.717, 1.165) is 11.3 Å². The second-order valence-corrected chi connectivity index (χ2v) is 4.12. The minimum absolute atomic E-state index is 0.0325. The number of primary amides is 1. The van der Waals surface area contributed by atoms with Gasteiger partial charge in [0.1, 0.15) is 10.9 Å². The van der Waals surface area contributed by atoms with E-state index in [4.69, 9.17) is 10.8 Å². The fraction of sp³-hybridized carbons (Fsp3) is 0.333. The summed E-state index contributed by atoms with van der Waals surface area (Å²) in [6.07, 6.45) is 1.21. The van der Waals surface area contributed by atoms with Crippen LogP contribution in [0.1, 0.15) is 22.5 Å². The van der Waals surface area contributed by atoms with E-state index >= 15 is 0 Å². The van der Waals surface area contributed by atoms with E-state index in [9.17, 15) is 14.4 Å². The Morgan fingerprint density at radius 2 is 2.24 bits per heavy atom. The number of carboxylic acids is 1. The summed E-state index contributed by atoms with van der Waals surface area (Å²) in [6.45, 7) is 0. The van der Waals surface area contributed by atoms with Crippen molar-refractivity contribution in [2.24, 2.45) is 5.73 Å². The summed E-state index contributed by atoms with van der Waals surface area (Å²) in [6, 6.07) is -1.13. The van der Waals surface area contributed by atoms with Crippen LogP contribution in [0.25, 0.3) is 0 Å². The number of carboxylic acid groups (broad SMARTS) is 1. The van der Waals surface area contributed by atoms with Gasteiger partial charge in [0, 0.05) is 6.42 Å². The molecule has 1 aromatic rings. The number of carbonyl (C=O) groups excluding carboxylic acids is 2. The fourth-order valence-corrected chi connectivity index (χ4v) is 1.62. The Hall–Kier alpha value is -1.96.